The van der Waals surface area contributed by atoms with E-state index in [0.29, 0.717) is 17.1 Å². The van der Waals surface area contributed by atoms with E-state index in [1.807, 2.05) is 13.8 Å². The highest BCUT2D eigenvalue weighted by atomic mass is 19.1. The molecule has 0 rings (SSSR count). The Morgan fingerprint density at radius 2 is 1.09 bits per heavy atom. The van der Waals surface area contributed by atoms with Crippen LogP contribution in [0.4, 0.5) is 8.78 Å². The van der Waals surface area contributed by atoms with Crippen LogP contribution in [-0.4, -0.2) is 0 Å². The molecule has 0 aliphatic carbocycles. The van der Waals surface area contributed by atoms with Gasteiger partial charge in [-0.1, -0.05) is 87.1 Å². The van der Waals surface area contributed by atoms with Crippen LogP contribution in [-0.2, 0) is 0 Å². The Bertz CT molecular complexity index is 721. The first kappa shape index (κ1) is 31.3. The van der Waals surface area contributed by atoms with Crippen LogP contribution in [0.25, 0.3) is 0 Å². The molecule has 0 N–H and O–H groups in total. The van der Waals surface area contributed by atoms with E-state index < -0.39 is 0 Å². The SMILES string of the molecule is C=C(C)/C(F)=C\C(=C)C(C)CCC(C)C(=C)/C(F)=C\C(=C)C(C)CCC(C)C(C)CCCC. The molecule has 0 amide bonds. The van der Waals surface area contributed by atoms with Crippen LogP contribution < -0.4 is 0 Å². The molecule has 0 radical (unpaired) electrons. The molecular formula is C31H50F2. The summed E-state index contributed by atoms with van der Waals surface area (Å²) in [6.07, 6.45) is 10.5. The second-order valence-electron chi connectivity index (χ2n) is 10.4. The van der Waals surface area contributed by atoms with E-state index in [9.17, 15) is 8.78 Å². The number of hydrogen-bond acceptors (Lipinski definition) is 0. The van der Waals surface area contributed by atoms with Gasteiger partial charge in [0, 0.05) is 0 Å². The van der Waals surface area contributed by atoms with Crippen LogP contribution in [0, 0.1) is 29.6 Å². The molecule has 0 aromatic carbocycles. The van der Waals surface area contributed by atoms with Gasteiger partial charge < -0.3 is 0 Å². The van der Waals surface area contributed by atoms with Crippen molar-refractivity contribution in [2.24, 2.45) is 29.6 Å². The van der Waals surface area contributed by atoms with Crippen molar-refractivity contribution in [1.29, 1.82) is 0 Å². The lowest BCUT2D eigenvalue weighted by molar-refractivity contribution is 0.318. The minimum Gasteiger partial charge on any atom is -0.207 e. The summed E-state index contributed by atoms with van der Waals surface area (Å²) in [5.74, 6) is 1.14. The molecule has 0 bridgehead atoms. The smallest absolute Gasteiger partial charge is 0.126 e. The van der Waals surface area contributed by atoms with Crippen LogP contribution in [0.1, 0.15) is 93.4 Å². The molecule has 0 heterocycles. The first-order valence-electron chi connectivity index (χ1n) is 12.8. The monoisotopic (exact) mass is 460 g/mol. The molecule has 2 heteroatoms. The lowest BCUT2D eigenvalue weighted by Crippen LogP contribution is -2.10. The number of unbranched alkanes of at least 4 members (excludes halogenated alkanes) is 1. The maximum atomic E-state index is 14.9. The van der Waals surface area contributed by atoms with Gasteiger partial charge in [-0.2, -0.15) is 0 Å². The molecule has 0 nitrogen and oxygen atoms in total. The quantitative estimate of drug-likeness (QED) is 0.189. The van der Waals surface area contributed by atoms with Gasteiger partial charge in [-0.15, -0.1) is 0 Å². The van der Waals surface area contributed by atoms with Gasteiger partial charge in [-0.3, -0.25) is 0 Å². The van der Waals surface area contributed by atoms with Crippen molar-refractivity contribution in [3.8, 4) is 0 Å². The fourth-order valence-electron chi connectivity index (χ4n) is 3.71. The maximum absolute atomic E-state index is 14.9. The summed E-state index contributed by atoms with van der Waals surface area (Å²) in [4.78, 5) is 0. The highest BCUT2D eigenvalue weighted by Gasteiger charge is 2.17. The molecule has 0 aliphatic heterocycles. The van der Waals surface area contributed by atoms with Gasteiger partial charge in [-0.25, -0.2) is 8.78 Å². The lowest BCUT2D eigenvalue weighted by atomic mass is 9.84. The van der Waals surface area contributed by atoms with Gasteiger partial charge in [0.15, 0.2) is 0 Å². The summed E-state index contributed by atoms with van der Waals surface area (Å²) in [7, 11) is 0. The van der Waals surface area contributed by atoms with Crippen molar-refractivity contribution < 1.29 is 8.78 Å². The Hall–Kier alpha value is -1.70. The third-order valence-corrected chi connectivity index (χ3v) is 7.27. The molecule has 188 valence electrons. The van der Waals surface area contributed by atoms with Crippen molar-refractivity contribution in [1.82, 2.24) is 0 Å². The molecule has 0 aliphatic rings. The molecule has 0 fully saturated rings. The molecule has 0 saturated heterocycles. The highest BCUT2D eigenvalue weighted by molar-refractivity contribution is 5.32. The van der Waals surface area contributed by atoms with Gasteiger partial charge in [0.25, 0.3) is 0 Å². The van der Waals surface area contributed by atoms with Crippen LogP contribution in [0.5, 0.6) is 0 Å². The molecule has 0 aromatic heterocycles. The molecule has 33 heavy (non-hydrogen) atoms. The first-order valence-corrected chi connectivity index (χ1v) is 12.8. The summed E-state index contributed by atoms with van der Waals surface area (Å²) >= 11 is 0. The predicted molar refractivity (Wildman–Crippen MR) is 144 cm³/mol. The normalized spacial score (nSPS) is 17.1. The summed E-state index contributed by atoms with van der Waals surface area (Å²) in [6.45, 7) is 30.4. The number of halogens is 2. The predicted octanol–water partition coefficient (Wildman–Crippen LogP) is 10.9. The van der Waals surface area contributed by atoms with Crippen LogP contribution in [0.3, 0.4) is 0 Å². The first-order chi connectivity index (χ1) is 15.3. The summed E-state index contributed by atoms with van der Waals surface area (Å²) in [5.41, 5.74) is 2.46. The minimum atomic E-state index is -0.337. The highest BCUT2D eigenvalue weighted by Crippen LogP contribution is 2.30. The van der Waals surface area contributed by atoms with Crippen molar-refractivity contribution in [3.05, 3.63) is 72.4 Å². The zero-order valence-corrected chi connectivity index (χ0v) is 22.6. The van der Waals surface area contributed by atoms with Gasteiger partial charge >= 0.3 is 0 Å². The Labute approximate surface area is 204 Å². The van der Waals surface area contributed by atoms with E-state index in [1.165, 1.54) is 25.3 Å². The zero-order valence-electron chi connectivity index (χ0n) is 22.6. The van der Waals surface area contributed by atoms with Crippen LogP contribution in [0.15, 0.2) is 72.4 Å². The molecule has 0 spiro atoms. The zero-order chi connectivity index (χ0) is 25.7. The van der Waals surface area contributed by atoms with Crippen molar-refractivity contribution in [2.45, 2.75) is 93.4 Å². The van der Waals surface area contributed by atoms with Crippen LogP contribution in [0.2, 0.25) is 0 Å². The van der Waals surface area contributed by atoms with Gasteiger partial charge in [0.05, 0.1) is 0 Å². The topological polar surface area (TPSA) is 0 Å². The lowest BCUT2D eigenvalue weighted by Gasteiger charge is -2.22. The Morgan fingerprint density at radius 3 is 1.58 bits per heavy atom. The minimum absolute atomic E-state index is 0.00555. The average Bonchev–Trinajstić information content (AvgIpc) is 2.77. The molecular weight excluding hydrogens is 410 g/mol. The number of rotatable bonds is 17. The Morgan fingerprint density at radius 1 is 0.667 bits per heavy atom. The largest absolute Gasteiger partial charge is 0.207 e. The van der Waals surface area contributed by atoms with E-state index in [2.05, 4.69) is 54.0 Å². The summed E-state index contributed by atoms with van der Waals surface area (Å²) in [5, 5.41) is 0. The molecule has 5 atom stereocenters. The second kappa shape index (κ2) is 16.0. The van der Waals surface area contributed by atoms with E-state index >= 15 is 0 Å². The number of hydrogen-bond donors (Lipinski definition) is 0. The van der Waals surface area contributed by atoms with E-state index in [-0.39, 0.29) is 29.4 Å². The number of allylic oxidation sites excluding steroid dienone is 8. The summed E-state index contributed by atoms with van der Waals surface area (Å²) < 4.78 is 28.6. The van der Waals surface area contributed by atoms with Gasteiger partial charge in [0.2, 0.25) is 0 Å². The third kappa shape index (κ3) is 12.4. The Balaban J connectivity index is 4.71. The van der Waals surface area contributed by atoms with Crippen molar-refractivity contribution in [2.75, 3.05) is 0 Å². The standard InChI is InChI=1S/C31H50F2/c1-12-13-14-22(4)23(5)15-16-24(6)28(10)20-31(33)29(11)26(8)18-17-25(7)27(9)19-30(32)21(2)3/h19-20,22-26H,2,9-18H2,1,3-8H3/b30-19+,31-20+. The van der Waals surface area contributed by atoms with Crippen molar-refractivity contribution in [3.63, 3.8) is 0 Å². The third-order valence-electron chi connectivity index (χ3n) is 7.27. The van der Waals surface area contributed by atoms with E-state index in [4.69, 9.17) is 0 Å². The molecule has 5 unspecified atom stereocenters. The molecule has 0 aromatic rings. The van der Waals surface area contributed by atoms with Gasteiger partial charge in [-0.05, 0) is 96.6 Å². The van der Waals surface area contributed by atoms with E-state index in [1.54, 1.807) is 13.0 Å². The van der Waals surface area contributed by atoms with Crippen molar-refractivity contribution >= 4 is 0 Å². The average molecular weight is 461 g/mol. The Kier molecular flexibility index (Phi) is 15.2. The van der Waals surface area contributed by atoms with Gasteiger partial charge in [0.1, 0.15) is 11.7 Å². The molecule has 0 saturated carbocycles. The maximum Gasteiger partial charge on any atom is 0.126 e. The summed E-state index contributed by atoms with van der Waals surface area (Å²) in [6, 6.07) is 0. The van der Waals surface area contributed by atoms with E-state index in [0.717, 1.165) is 42.7 Å². The second-order valence-corrected chi connectivity index (χ2v) is 10.4. The fourth-order valence-corrected chi connectivity index (χ4v) is 3.71. The van der Waals surface area contributed by atoms with Crippen LogP contribution >= 0.6 is 0 Å². The fraction of sp³-hybridized carbons (Fsp3) is 0.613.